The summed E-state index contributed by atoms with van der Waals surface area (Å²) < 4.78 is 0. The molecule has 156 valence electrons. The molecule has 1 fully saturated rings. The zero-order valence-electron chi connectivity index (χ0n) is 16.0. The highest BCUT2D eigenvalue weighted by atomic mass is 16.4. The van der Waals surface area contributed by atoms with Crippen LogP contribution >= 0.6 is 0 Å². The van der Waals surface area contributed by atoms with Crippen molar-refractivity contribution < 1.29 is 30.0 Å². The van der Waals surface area contributed by atoms with Gasteiger partial charge in [0.25, 0.3) is 0 Å². The van der Waals surface area contributed by atoms with Gasteiger partial charge in [-0.15, -0.1) is 0 Å². The summed E-state index contributed by atoms with van der Waals surface area (Å²) in [7, 11) is 0. The summed E-state index contributed by atoms with van der Waals surface area (Å²) in [6, 6.07) is 2.76. The molecule has 0 radical (unpaired) electrons. The molecular weight excluding hydrogens is 368 g/mol. The number of rotatable bonds is 6. The van der Waals surface area contributed by atoms with Crippen LogP contribution in [0.3, 0.4) is 0 Å². The van der Waals surface area contributed by atoms with Crippen molar-refractivity contribution in [3.63, 3.8) is 0 Å². The molecule has 10 nitrogen and oxygen atoms in total. The third-order valence-electron chi connectivity index (χ3n) is 5.87. The average Bonchev–Trinajstić information content (AvgIpc) is 2.73. The predicted octanol–water partition coefficient (Wildman–Crippen LogP) is -1.73. The van der Waals surface area contributed by atoms with Gasteiger partial charge in [0, 0.05) is 11.3 Å². The zero-order chi connectivity index (χ0) is 21.5. The van der Waals surface area contributed by atoms with Gasteiger partial charge in [0.05, 0.1) is 24.8 Å². The van der Waals surface area contributed by atoms with E-state index < -0.39 is 47.6 Å². The molecule has 2 amide bonds. The Morgan fingerprint density at radius 3 is 2.39 bits per heavy atom. The Hall–Kier alpha value is -2.24. The van der Waals surface area contributed by atoms with Gasteiger partial charge in [-0.1, -0.05) is 12.1 Å². The number of nitrogens with one attached hydrogen (secondary N) is 2. The molecule has 1 aromatic carbocycles. The first-order valence-electron chi connectivity index (χ1n) is 8.79. The lowest BCUT2D eigenvalue weighted by molar-refractivity contribution is -0.185. The van der Waals surface area contributed by atoms with Crippen LogP contribution < -0.4 is 22.1 Å². The van der Waals surface area contributed by atoms with Crippen LogP contribution in [-0.2, 0) is 0 Å². The molecule has 0 bridgehead atoms. The first-order valence-corrected chi connectivity index (χ1v) is 8.79. The smallest absolute Gasteiger partial charge is 0.312 e. The number of aliphatic hydroxyl groups excluding tert-OH is 2. The van der Waals surface area contributed by atoms with Crippen LogP contribution in [0.5, 0.6) is 0 Å². The maximum atomic E-state index is 11.6. The van der Waals surface area contributed by atoms with E-state index in [1.165, 1.54) is 19.9 Å². The fourth-order valence-corrected chi connectivity index (χ4v) is 4.21. The SMILES string of the molecule is CC(=O)c1cccc(N[C@H]2[C@H](N)[C@@](NC(N)=O)([C@H](C)O)[C@@](C)(O)[C@@]2(O)CO)c1. The van der Waals surface area contributed by atoms with Crippen LogP contribution in [0.4, 0.5) is 10.5 Å². The standard InChI is InChI=1S/C18H28N4O6/c1-9(24)11-5-4-6-12(7-11)21-14-13(19)18(10(2)25,22-15(20)26)16(3,27)17(14,28)8-23/h4-7,10,13-14,21,23,25,27-28H,8,19H2,1-3H3,(H3,20,22,26)/t10-,13-,14-,16-,17+,18-/m0/s1. The lowest BCUT2D eigenvalue weighted by atomic mass is 9.73. The molecule has 10 N–H and O–H groups in total. The molecular formula is C18H28N4O6. The number of carbonyl (C=O) groups excluding carboxylic acids is 2. The summed E-state index contributed by atoms with van der Waals surface area (Å²) in [6.45, 7) is 2.89. The molecule has 1 aromatic rings. The van der Waals surface area contributed by atoms with E-state index in [0.29, 0.717) is 11.3 Å². The van der Waals surface area contributed by atoms with Crippen molar-refractivity contribution in [1.82, 2.24) is 5.32 Å². The summed E-state index contributed by atoms with van der Waals surface area (Å²) in [5, 5.41) is 47.9. The monoisotopic (exact) mass is 396 g/mol. The van der Waals surface area contributed by atoms with Gasteiger partial charge in [0.1, 0.15) is 16.7 Å². The van der Waals surface area contributed by atoms with Gasteiger partial charge in [0.2, 0.25) is 0 Å². The van der Waals surface area contributed by atoms with Crippen molar-refractivity contribution in [2.24, 2.45) is 11.5 Å². The van der Waals surface area contributed by atoms with E-state index in [0.717, 1.165) is 6.92 Å². The number of nitrogens with two attached hydrogens (primary N) is 2. The van der Waals surface area contributed by atoms with Crippen LogP contribution in [0.2, 0.25) is 0 Å². The number of urea groups is 1. The number of anilines is 1. The van der Waals surface area contributed by atoms with E-state index in [9.17, 15) is 30.0 Å². The highest BCUT2D eigenvalue weighted by Gasteiger charge is 2.75. The van der Waals surface area contributed by atoms with Crippen LogP contribution in [0, 0.1) is 0 Å². The number of carbonyl (C=O) groups is 2. The minimum absolute atomic E-state index is 0.183. The minimum atomic E-state index is -2.28. The van der Waals surface area contributed by atoms with Crippen molar-refractivity contribution in [3.05, 3.63) is 29.8 Å². The molecule has 0 heterocycles. The number of hydrogen-bond acceptors (Lipinski definition) is 8. The van der Waals surface area contributed by atoms with E-state index in [2.05, 4.69) is 10.6 Å². The van der Waals surface area contributed by atoms with Gasteiger partial charge < -0.3 is 42.5 Å². The quantitative estimate of drug-likeness (QED) is 0.260. The molecule has 1 aliphatic carbocycles. The van der Waals surface area contributed by atoms with E-state index in [1.807, 2.05) is 0 Å². The number of aliphatic hydroxyl groups is 4. The van der Waals surface area contributed by atoms with E-state index in [-0.39, 0.29) is 5.78 Å². The van der Waals surface area contributed by atoms with E-state index in [4.69, 9.17) is 11.5 Å². The second kappa shape index (κ2) is 7.30. The van der Waals surface area contributed by atoms with Gasteiger partial charge in [0.15, 0.2) is 5.78 Å². The molecule has 0 aromatic heterocycles. The van der Waals surface area contributed by atoms with Gasteiger partial charge in [-0.2, -0.15) is 0 Å². The Morgan fingerprint density at radius 2 is 1.93 bits per heavy atom. The Bertz CT molecular complexity index is 770. The molecule has 0 saturated heterocycles. The molecule has 1 saturated carbocycles. The van der Waals surface area contributed by atoms with Crippen LogP contribution in [0.25, 0.3) is 0 Å². The van der Waals surface area contributed by atoms with Crippen LogP contribution in [-0.4, -0.2) is 73.8 Å². The third kappa shape index (κ3) is 3.03. The average molecular weight is 396 g/mol. The zero-order valence-corrected chi connectivity index (χ0v) is 16.0. The van der Waals surface area contributed by atoms with Crippen molar-refractivity contribution in [2.75, 3.05) is 11.9 Å². The Morgan fingerprint density at radius 1 is 1.32 bits per heavy atom. The molecule has 2 rings (SSSR count). The molecule has 6 atom stereocenters. The van der Waals surface area contributed by atoms with E-state index >= 15 is 0 Å². The molecule has 1 aliphatic rings. The van der Waals surface area contributed by atoms with Crippen molar-refractivity contribution in [2.45, 2.75) is 55.7 Å². The lowest BCUT2D eigenvalue weighted by Gasteiger charge is -2.47. The van der Waals surface area contributed by atoms with E-state index in [1.54, 1.807) is 18.2 Å². The van der Waals surface area contributed by atoms with Crippen molar-refractivity contribution >= 4 is 17.5 Å². The number of primary amides is 1. The third-order valence-corrected chi connectivity index (χ3v) is 5.87. The molecule has 28 heavy (non-hydrogen) atoms. The highest BCUT2D eigenvalue weighted by Crippen LogP contribution is 2.48. The predicted molar refractivity (Wildman–Crippen MR) is 102 cm³/mol. The second-order valence-corrected chi connectivity index (χ2v) is 7.47. The lowest BCUT2D eigenvalue weighted by Crippen LogP contribution is -2.76. The van der Waals surface area contributed by atoms with Gasteiger partial charge in [-0.3, -0.25) is 4.79 Å². The van der Waals surface area contributed by atoms with Crippen LogP contribution in [0.1, 0.15) is 31.1 Å². The maximum Gasteiger partial charge on any atom is 0.312 e. The Kier molecular flexibility index (Phi) is 5.75. The fourth-order valence-electron chi connectivity index (χ4n) is 4.21. The number of ketones is 1. The second-order valence-electron chi connectivity index (χ2n) is 7.47. The van der Waals surface area contributed by atoms with Crippen molar-refractivity contribution in [3.8, 4) is 0 Å². The first kappa shape index (κ1) is 22.1. The van der Waals surface area contributed by atoms with Gasteiger partial charge in [-0.25, -0.2) is 4.79 Å². The number of hydrogen-bond donors (Lipinski definition) is 8. The minimum Gasteiger partial charge on any atom is -0.393 e. The summed E-state index contributed by atoms with van der Waals surface area (Å²) in [4.78, 5) is 23.2. The summed E-state index contributed by atoms with van der Waals surface area (Å²) in [5.41, 5.74) is 5.76. The fraction of sp³-hybridized carbons (Fsp3) is 0.556. The number of benzene rings is 1. The topological polar surface area (TPSA) is 191 Å². The number of amides is 2. The van der Waals surface area contributed by atoms with Crippen LogP contribution in [0.15, 0.2) is 24.3 Å². The largest absolute Gasteiger partial charge is 0.393 e. The molecule has 0 spiro atoms. The van der Waals surface area contributed by atoms with Crippen molar-refractivity contribution in [1.29, 1.82) is 0 Å². The highest BCUT2D eigenvalue weighted by molar-refractivity contribution is 5.94. The molecule has 10 heteroatoms. The number of Topliss-reactive ketones (excluding diaryl/α,β-unsaturated/α-hetero) is 1. The molecule has 0 aliphatic heterocycles. The molecule has 0 unspecified atom stereocenters. The van der Waals surface area contributed by atoms with Gasteiger partial charge >= 0.3 is 6.03 Å². The summed E-state index contributed by atoms with van der Waals surface area (Å²) in [6.07, 6.45) is -1.45. The van der Waals surface area contributed by atoms with Gasteiger partial charge in [-0.05, 0) is 32.9 Å². The normalized spacial score (nSPS) is 36.0. The Balaban J connectivity index is 2.59. The Labute approximate surface area is 162 Å². The maximum absolute atomic E-state index is 11.6. The summed E-state index contributed by atoms with van der Waals surface area (Å²) in [5.74, 6) is -0.183. The summed E-state index contributed by atoms with van der Waals surface area (Å²) >= 11 is 0. The first-order chi connectivity index (χ1) is 12.8.